The van der Waals surface area contributed by atoms with Crippen molar-refractivity contribution in [1.29, 1.82) is 0 Å². The molecule has 0 amide bonds. The summed E-state index contributed by atoms with van der Waals surface area (Å²) in [6, 6.07) is 7.65. The molecule has 94 valence electrons. The molecule has 2 nitrogen and oxygen atoms in total. The summed E-state index contributed by atoms with van der Waals surface area (Å²) < 4.78 is 13.6. The second kappa shape index (κ2) is 4.65. The third-order valence-corrected chi connectivity index (χ3v) is 2.92. The number of halogens is 2. The lowest BCUT2D eigenvalue weighted by Gasteiger charge is -2.19. The Bertz CT molecular complexity index is 559. The van der Waals surface area contributed by atoms with Gasteiger partial charge in [-0.1, -0.05) is 45.0 Å². The van der Waals surface area contributed by atoms with Gasteiger partial charge in [0.15, 0.2) is 5.82 Å². The Morgan fingerprint density at radius 2 is 1.72 bits per heavy atom. The highest BCUT2D eigenvalue weighted by Gasteiger charge is 2.14. The fraction of sp³-hybridized carbons (Fsp3) is 0.286. The summed E-state index contributed by atoms with van der Waals surface area (Å²) in [6.07, 6.45) is 1.09. The Kier molecular flexibility index (Phi) is 3.35. The standard InChI is InChI=1S/C14H14ClFN2/c1-14(2,3)10-6-4-9(5-7-10)12-11(16)8-17-13(15)18-12/h4-8H,1-3H3. The van der Waals surface area contributed by atoms with Crippen LogP contribution in [0.3, 0.4) is 0 Å². The van der Waals surface area contributed by atoms with Gasteiger partial charge in [0.25, 0.3) is 0 Å². The molecule has 2 rings (SSSR count). The van der Waals surface area contributed by atoms with E-state index in [9.17, 15) is 4.39 Å². The molecule has 2 aromatic rings. The molecule has 0 saturated heterocycles. The van der Waals surface area contributed by atoms with E-state index in [1.54, 1.807) is 0 Å². The molecule has 1 heterocycles. The molecule has 0 spiro atoms. The predicted octanol–water partition coefficient (Wildman–Crippen LogP) is 4.23. The summed E-state index contributed by atoms with van der Waals surface area (Å²) in [5.41, 5.74) is 2.19. The Morgan fingerprint density at radius 3 is 2.28 bits per heavy atom. The molecule has 0 saturated carbocycles. The van der Waals surface area contributed by atoms with Gasteiger partial charge in [-0.2, -0.15) is 0 Å². The van der Waals surface area contributed by atoms with Gasteiger partial charge in [0, 0.05) is 5.56 Å². The molecule has 0 atom stereocenters. The fourth-order valence-corrected chi connectivity index (χ4v) is 1.81. The maximum absolute atomic E-state index is 13.6. The van der Waals surface area contributed by atoms with Gasteiger partial charge in [0.2, 0.25) is 5.28 Å². The zero-order chi connectivity index (χ0) is 13.3. The minimum absolute atomic E-state index is 0.0475. The smallest absolute Gasteiger partial charge is 0.223 e. The third kappa shape index (κ3) is 2.67. The van der Waals surface area contributed by atoms with Crippen molar-refractivity contribution in [3.63, 3.8) is 0 Å². The van der Waals surface area contributed by atoms with Gasteiger partial charge >= 0.3 is 0 Å². The van der Waals surface area contributed by atoms with E-state index in [1.807, 2.05) is 24.3 Å². The Labute approximate surface area is 111 Å². The summed E-state index contributed by atoms with van der Waals surface area (Å²) >= 11 is 5.68. The normalized spacial score (nSPS) is 11.6. The van der Waals surface area contributed by atoms with Crippen molar-refractivity contribution in [3.8, 4) is 11.3 Å². The molecule has 0 aliphatic rings. The van der Waals surface area contributed by atoms with Gasteiger partial charge in [-0.25, -0.2) is 14.4 Å². The monoisotopic (exact) mass is 264 g/mol. The van der Waals surface area contributed by atoms with Crippen LogP contribution in [0, 0.1) is 5.82 Å². The van der Waals surface area contributed by atoms with Gasteiger partial charge < -0.3 is 0 Å². The second-order valence-electron chi connectivity index (χ2n) is 5.16. The van der Waals surface area contributed by atoms with Crippen LogP contribution in [0.1, 0.15) is 26.3 Å². The number of hydrogen-bond donors (Lipinski definition) is 0. The number of benzene rings is 1. The summed E-state index contributed by atoms with van der Waals surface area (Å²) in [7, 11) is 0. The van der Waals surface area contributed by atoms with Crippen LogP contribution in [0.5, 0.6) is 0 Å². The Hall–Kier alpha value is -1.48. The molecular formula is C14H14ClFN2. The van der Waals surface area contributed by atoms with Crippen molar-refractivity contribution in [1.82, 2.24) is 9.97 Å². The highest BCUT2D eigenvalue weighted by atomic mass is 35.5. The zero-order valence-electron chi connectivity index (χ0n) is 10.5. The van der Waals surface area contributed by atoms with E-state index in [1.165, 1.54) is 5.56 Å². The van der Waals surface area contributed by atoms with Crippen LogP contribution >= 0.6 is 11.6 Å². The van der Waals surface area contributed by atoms with Crippen LogP contribution < -0.4 is 0 Å². The van der Waals surface area contributed by atoms with Gasteiger partial charge in [0.05, 0.1) is 6.20 Å². The topological polar surface area (TPSA) is 25.8 Å². The van der Waals surface area contributed by atoms with Crippen LogP contribution in [-0.4, -0.2) is 9.97 Å². The van der Waals surface area contributed by atoms with Crippen molar-refractivity contribution in [2.24, 2.45) is 0 Å². The molecule has 0 aliphatic carbocycles. The number of rotatable bonds is 1. The van der Waals surface area contributed by atoms with Crippen LogP contribution in [0.2, 0.25) is 5.28 Å². The molecule has 0 fully saturated rings. The van der Waals surface area contributed by atoms with Gasteiger partial charge in [-0.15, -0.1) is 0 Å². The quantitative estimate of drug-likeness (QED) is 0.720. The average molecular weight is 265 g/mol. The molecular weight excluding hydrogens is 251 g/mol. The summed E-state index contributed by atoms with van der Waals surface area (Å²) in [5.74, 6) is -0.470. The van der Waals surface area contributed by atoms with Gasteiger partial charge in [-0.05, 0) is 22.6 Å². The highest BCUT2D eigenvalue weighted by Crippen LogP contribution is 2.26. The van der Waals surface area contributed by atoms with Gasteiger partial charge in [0.1, 0.15) is 5.69 Å². The van der Waals surface area contributed by atoms with Crippen LogP contribution in [0.4, 0.5) is 4.39 Å². The number of hydrogen-bond acceptors (Lipinski definition) is 2. The first-order chi connectivity index (χ1) is 8.38. The van der Waals surface area contributed by atoms with E-state index >= 15 is 0 Å². The first kappa shape index (κ1) is 13.0. The molecule has 0 radical (unpaired) electrons. The van der Waals surface area contributed by atoms with E-state index in [0.717, 1.165) is 6.20 Å². The number of nitrogens with zero attached hydrogens (tertiary/aromatic N) is 2. The molecule has 0 unspecified atom stereocenters. The van der Waals surface area contributed by atoms with E-state index in [4.69, 9.17) is 11.6 Å². The fourth-order valence-electron chi connectivity index (χ4n) is 1.68. The molecule has 0 bridgehead atoms. The van der Waals surface area contributed by atoms with Crippen LogP contribution in [-0.2, 0) is 5.41 Å². The van der Waals surface area contributed by atoms with E-state index in [-0.39, 0.29) is 16.4 Å². The van der Waals surface area contributed by atoms with Gasteiger partial charge in [-0.3, -0.25) is 0 Å². The molecule has 1 aromatic carbocycles. The minimum Gasteiger partial charge on any atom is -0.223 e. The van der Waals surface area contributed by atoms with E-state index in [2.05, 4.69) is 30.7 Å². The zero-order valence-corrected chi connectivity index (χ0v) is 11.3. The lowest BCUT2D eigenvalue weighted by Crippen LogP contribution is -2.10. The number of aromatic nitrogens is 2. The van der Waals surface area contributed by atoms with E-state index < -0.39 is 5.82 Å². The molecule has 18 heavy (non-hydrogen) atoms. The summed E-state index contributed by atoms with van der Waals surface area (Å²) in [6.45, 7) is 6.39. The maximum Gasteiger partial charge on any atom is 0.223 e. The van der Waals surface area contributed by atoms with Crippen LogP contribution in [0.25, 0.3) is 11.3 Å². The van der Waals surface area contributed by atoms with Crippen molar-refractivity contribution < 1.29 is 4.39 Å². The van der Waals surface area contributed by atoms with Crippen LogP contribution in [0.15, 0.2) is 30.5 Å². The predicted molar refractivity (Wildman–Crippen MR) is 71.1 cm³/mol. The molecule has 0 aliphatic heterocycles. The Balaban J connectivity index is 2.43. The lowest BCUT2D eigenvalue weighted by atomic mass is 9.86. The molecule has 1 aromatic heterocycles. The first-order valence-electron chi connectivity index (χ1n) is 5.67. The largest absolute Gasteiger partial charge is 0.223 e. The van der Waals surface area contributed by atoms with Crippen molar-refractivity contribution in [2.75, 3.05) is 0 Å². The van der Waals surface area contributed by atoms with E-state index in [0.29, 0.717) is 5.56 Å². The van der Waals surface area contributed by atoms with Crippen molar-refractivity contribution in [2.45, 2.75) is 26.2 Å². The Morgan fingerprint density at radius 1 is 1.11 bits per heavy atom. The minimum atomic E-state index is -0.470. The lowest BCUT2D eigenvalue weighted by molar-refractivity contribution is 0.590. The average Bonchev–Trinajstić information content (AvgIpc) is 2.31. The van der Waals surface area contributed by atoms with Crippen molar-refractivity contribution >= 4 is 11.6 Å². The van der Waals surface area contributed by atoms with Crippen molar-refractivity contribution in [3.05, 3.63) is 47.1 Å². The molecule has 0 N–H and O–H groups in total. The molecule has 4 heteroatoms. The maximum atomic E-state index is 13.6. The third-order valence-electron chi connectivity index (χ3n) is 2.74. The SMILES string of the molecule is CC(C)(C)c1ccc(-c2nc(Cl)ncc2F)cc1. The second-order valence-corrected chi connectivity index (χ2v) is 5.50. The summed E-state index contributed by atoms with van der Waals surface area (Å²) in [4.78, 5) is 7.52. The highest BCUT2D eigenvalue weighted by molar-refractivity contribution is 6.28. The first-order valence-corrected chi connectivity index (χ1v) is 6.04. The summed E-state index contributed by atoms with van der Waals surface area (Å²) in [5, 5.41) is 0.0475.